The van der Waals surface area contributed by atoms with E-state index in [1.807, 2.05) is 6.92 Å². The normalized spacial score (nSPS) is 10.9. The third-order valence-corrected chi connectivity index (χ3v) is 5.35. The highest BCUT2D eigenvalue weighted by molar-refractivity contribution is 6.07. The molecule has 0 unspecified atom stereocenters. The van der Waals surface area contributed by atoms with Crippen LogP contribution in [0.5, 0.6) is 11.5 Å². The first-order valence-electron chi connectivity index (χ1n) is 10.7. The second kappa shape index (κ2) is 9.35. The largest absolute Gasteiger partial charge is 0.508 e. The van der Waals surface area contributed by atoms with Crippen molar-refractivity contribution in [3.05, 3.63) is 94.3 Å². The summed E-state index contributed by atoms with van der Waals surface area (Å²) in [6.45, 7) is 4.03. The van der Waals surface area contributed by atoms with Crippen molar-refractivity contribution in [3.63, 3.8) is 0 Å². The Kier molecular flexibility index (Phi) is 6.32. The highest BCUT2D eigenvalue weighted by Gasteiger charge is 2.23. The molecule has 0 bridgehead atoms. The van der Waals surface area contributed by atoms with Gasteiger partial charge >= 0.3 is 0 Å². The Labute approximate surface area is 194 Å². The minimum absolute atomic E-state index is 0.0000891. The summed E-state index contributed by atoms with van der Waals surface area (Å²) in [5.74, 6) is -1.83. The topological polar surface area (TPSA) is 71.8 Å². The van der Waals surface area contributed by atoms with Crippen LogP contribution in [0, 0.1) is 11.6 Å². The molecule has 174 valence electrons. The van der Waals surface area contributed by atoms with E-state index in [-0.39, 0.29) is 28.9 Å². The van der Waals surface area contributed by atoms with Gasteiger partial charge in [-0.2, -0.15) is 0 Å². The Hall–Kier alpha value is -4.20. The Bertz CT molecular complexity index is 1430. The van der Waals surface area contributed by atoms with Crippen LogP contribution in [-0.2, 0) is 0 Å². The van der Waals surface area contributed by atoms with Crippen LogP contribution in [0.25, 0.3) is 16.6 Å². The number of benzene rings is 3. The molecule has 3 aromatic carbocycles. The molecular weight excluding hydrogens is 442 g/mol. The minimum Gasteiger partial charge on any atom is -0.508 e. The SMILES string of the molecule is CCOc1cccc(-n2cc(C(=O)N(CC)c3cc(F)cc(F)c3)c(=O)c3ccc(O)cc32)c1. The molecule has 0 saturated heterocycles. The Balaban J connectivity index is 1.94. The zero-order valence-electron chi connectivity index (χ0n) is 18.6. The van der Waals surface area contributed by atoms with Gasteiger partial charge in [0.15, 0.2) is 0 Å². The van der Waals surface area contributed by atoms with Crippen LogP contribution >= 0.6 is 0 Å². The number of hydrogen-bond acceptors (Lipinski definition) is 4. The van der Waals surface area contributed by atoms with Crippen LogP contribution in [0.15, 0.2) is 71.7 Å². The smallest absolute Gasteiger partial charge is 0.263 e. The number of phenols is 1. The van der Waals surface area contributed by atoms with E-state index in [4.69, 9.17) is 4.74 Å². The lowest BCUT2D eigenvalue weighted by Gasteiger charge is -2.22. The van der Waals surface area contributed by atoms with Crippen molar-refractivity contribution < 1.29 is 23.4 Å². The van der Waals surface area contributed by atoms with E-state index in [0.29, 0.717) is 29.6 Å². The zero-order valence-corrected chi connectivity index (χ0v) is 18.6. The summed E-state index contributed by atoms with van der Waals surface area (Å²) in [6.07, 6.45) is 1.37. The van der Waals surface area contributed by atoms with E-state index >= 15 is 0 Å². The summed E-state index contributed by atoms with van der Waals surface area (Å²) in [7, 11) is 0. The molecule has 0 spiro atoms. The van der Waals surface area contributed by atoms with Crippen LogP contribution in [-0.4, -0.2) is 28.7 Å². The van der Waals surface area contributed by atoms with E-state index in [9.17, 15) is 23.5 Å². The van der Waals surface area contributed by atoms with Gasteiger partial charge in [-0.15, -0.1) is 0 Å². The van der Waals surface area contributed by atoms with Gasteiger partial charge in [-0.25, -0.2) is 8.78 Å². The van der Waals surface area contributed by atoms with E-state index in [0.717, 1.165) is 17.0 Å². The second-order valence-corrected chi connectivity index (χ2v) is 7.55. The molecule has 0 saturated carbocycles. The molecule has 0 radical (unpaired) electrons. The lowest BCUT2D eigenvalue weighted by atomic mass is 10.1. The quantitative estimate of drug-likeness (QED) is 0.434. The number of rotatable bonds is 6. The summed E-state index contributed by atoms with van der Waals surface area (Å²) < 4.78 is 34.8. The van der Waals surface area contributed by atoms with Gasteiger partial charge in [-0.05, 0) is 50.2 Å². The molecule has 0 aliphatic heterocycles. The van der Waals surface area contributed by atoms with Crippen LogP contribution < -0.4 is 15.1 Å². The van der Waals surface area contributed by atoms with Crippen molar-refractivity contribution in [1.82, 2.24) is 4.57 Å². The third kappa shape index (κ3) is 4.34. The van der Waals surface area contributed by atoms with Gasteiger partial charge in [-0.3, -0.25) is 9.59 Å². The summed E-state index contributed by atoms with van der Waals surface area (Å²) in [6, 6.07) is 14.1. The van der Waals surface area contributed by atoms with Crippen molar-refractivity contribution >= 4 is 22.5 Å². The number of aromatic hydroxyl groups is 1. The number of nitrogens with zero attached hydrogens (tertiary/aromatic N) is 2. The van der Waals surface area contributed by atoms with Gasteiger partial charge in [0, 0.05) is 47.7 Å². The summed E-state index contributed by atoms with van der Waals surface area (Å²) in [4.78, 5) is 27.9. The standard InChI is InChI=1S/C26H22F2N2O4/c1-3-29(19-11-16(27)10-17(28)12-19)26(33)23-15-30(18-6-5-7-21(13-18)34-4-2)24-14-20(31)8-9-22(24)25(23)32/h5-15,31H,3-4H2,1-2H3. The van der Waals surface area contributed by atoms with E-state index < -0.39 is 23.0 Å². The molecule has 4 aromatic rings. The number of carbonyl (C=O) groups excluding carboxylic acids is 1. The fraction of sp³-hybridized carbons (Fsp3) is 0.154. The monoisotopic (exact) mass is 464 g/mol. The Morgan fingerprint density at radius 3 is 2.44 bits per heavy atom. The maximum absolute atomic E-state index is 13.8. The van der Waals surface area contributed by atoms with Gasteiger partial charge in [-0.1, -0.05) is 6.07 Å². The number of anilines is 1. The van der Waals surface area contributed by atoms with E-state index in [1.165, 1.54) is 24.4 Å². The van der Waals surface area contributed by atoms with Gasteiger partial charge in [0.2, 0.25) is 5.43 Å². The molecule has 1 amide bonds. The average molecular weight is 464 g/mol. The van der Waals surface area contributed by atoms with Crippen LogP contribution in [0.4, 0.5) is 14.5 Å². The number of aromatic nitrogens is 1. The highest BCUT2D eigenvalue weighted by atomic mass is 19.1. The fourth-order valence-electron chi connectivity index (χ4n) is 3.85. The number of amides is 1. The zero-order chi connectivity index (χ0) is 24.4. The molecular formula is C26H22F2N2O4. The first-order chi connectivity index (χ1) is 16.3. The first-order valence-corrected chi connectivity index (χ1v) is 10.7. The van der Waals surface area contributed by atoms with Crippen LogP contribution in [0.3, 0.4) is 0 Å². The number of fused-ring (bicyclic) bond motifs is 1. The van der Waals surface area contributed by atoms with Crippen molar-refractivity contribution in [2.45, 2.75) is 13.8 Å². The van der Waals surface area contributed by atoms with Gasteiger partial charge in [0.1, 0.15) is 28.7 Å². The highest BCUT2D eigenvalue weighted by Crippen LogP contribution is 2.26. The summed E-state index contributed by atoms with van der Waals surface area (Å²) in [5, 5.41) is 10.3. The maximum Gasteiger partial charge on any atom is 0.263 e. The van der Waals surface area contributed by atoms with Crippen LogP contribution in [0.1, 0.15) is 24.2 Å². The van der Waals surface area contributed by atoms with Crippen molar-refractivity contribution in [3.8, 4) is 17.2 Å². The van der Waals surface area contributed by atoms with Crippen LogP contribution in [0.2, 0.25) is 0 Å². The second-order valence-electron chi connectivity index (χ2n) is 7.55. The molecule has 6 nitrogen and oxygen atoms in total. The number of halogens is 2. The molecule has 8 heteroatoms. The third-order valence-electron chi connectivity index (χ3n) is 5.35. The molecule has 1 aromatic heterocycles. The van der Waals surface area contributed by atoms with E-state index in [1.54, 1.807) is 35.8 Å². The number of hydrogen-bond donors (Lipinski definition) is 1. The number of pyridine rings is 1. The maximum atomic E-state index is 13.8. The predicted octanol–water partition coefficient (Wildman–Crippen LogP) is 5.04. The predicted molar refractivity (Wildman–Crippen MR) is 126 cm³/mol. The lowest BCUT2D eigenvalue weighted by Crippen LogP contribution is -2.35. The van der Waals surface area contributed by atoms with Gasteiger partial charge in [0.05, 0.1) is 12.1 Å². The molecule has 0 aliphatic rings. The van der Waals surface area contributed by atoms with E-state index in [2.05, 4.69) is 0 Å². The van der Waals surface area contributed by atoms with Crippen molar-refractivity contribution in [2.24, 2.45) is 0 Å². The van der Waals surface area contributed by atoms with Gasteiger partial charge in [0.25, 0.3) is 5.91 Å². The molecule has 4 rings (SSSR count). The number of ether oxygens (including phenoxy) is 1. The fourth-order valence-corrected chi connectivity index (χ4v) is 3.85. The minimum atomic E-state index is -0.833. The lowest BCUT2D eigenvalue weighted by molar-refractivity contribution is 0.0987. The first kappa shape index (κ1) is 23.0. The molecule has 1 N–H and O–H groups in total. The van der Waals surface area contributed by atoms with Crippen molar-refractivity contribution in [1.29, 1.82) is 0 Å². The average Bonchev–Trinajstić information content (AvgIpc) is 2.79. The number of phenolic OH excluding ortho intramolecular Hbond substituents is 1. The Morgan fingerprint density at radius 1 is 1.03 bits per heavy atom. The molecule has 0 fully saturated rings. The summed E-state index contributed by atoms with van der Waals surface area (Å²) in [5.41, 5.74) is 0.227. The number of carbonyl (C=O) groups is 1. The molecule has 0 aliphatic carbocycles. The molecule has 1 heterocycles. The molecule has 0 atom stereocenters. The summed E-state index contributed by atoms with van der Waals surface area (Å²) >= 11 is 0. The molecule has 34 heavy (non-hydrogen) atoms. The Morgan fingerprint density at radius 2 is 1.76 bits per heavy atom. The van der Waals surface area contributed by atoms with Gasteiger partial charge < -0.3 is 19.3 Å². The van der Waals surface area contributed by atoms with Crippen molar-refractivity contribution in [2.75, 3.05) is 18.1 Å².